The van der Waals surface area contributed by atoms with Crippen LogP contribution in [0.3, 0.4) is 0 Å². The highest BCUT2D eigenvalue weighted by atomic mass is 32.1. The second-order valence-corrected chi connectivity index (χ2v) is 6.33. The van der Waals surface area contributed by atoms with E-state index in [9.17, 15) is 4.79 Å². The molecular weight excluding hydrogens is 350 g/mol. The summed E-state index contributed by atoms with van der Waals surface area (Å²) in [6.45, 7) is 3.83. The molecule has 134 valence electrons. The molecule has 8 heteroatoms. The highest BCUT2D eigenvalue weighted by Crippen LogP contribution is 2.27. The molecule has 0 aliphatic carbocycles. The minimum atomic E-state index is -0.524. The Bertz CT molecular complexity index is 967. The van der Waals surface area contributed by atoms with Gasteiger partial charge in [0.25, 0.3) is 0 Å². The molecule has 2 aromatic carbocycles. The van der Waals surface area contributed by atoms with Crippen molar-refractivity contribution in [2.24, 2.45) is 5.73 Å². The molecule has 0 bridgehead atoms. The number of H-pyrrole nitrogens is 1. The smallest absolute Gasteiger partial charge is 0.248 e. The van der Waals surface area contributed by atoms with E-state index in [4.69, 9.17) is 22.7 Å². The predicted octanol–water partition coefficient (Wildman–Crippen LogP) is 3.26. The van der Waals surface area contributed by atoms with Crippen molar-refractivity contribution >= 4 is 45.6 Å². The summed E-state index contributed by atoms with van der Waals surface area (Å²) in [5.41, 5.74) is 8.73. The number of primary amides is 1. The van der Waals surface area contributed by atoms with E-state index >= 15 is 0 Å². The van der Waals surface area contributed by atoms with Gasteiger partial charge in [0.2, 0.25) is 5.91 Å². The Balaban J connectivity index is 1.84. The van der Waals surface area contributed by atoms with Gasteiger partial charge < -0.3 is 26.1 Å². The summed E-state index contributed by atoms with van der Waals surface area (Å²) in [6, 6.07) is 10.6. The van der Waals surface area contributed by atoms with Crippen molar-refractivity contribution in [3.05, 3.63) is 48.3 Å². The Morgan fingerprint density at radius 1 is 1.23 bits per heavy atom. The van der Waals surface area contributed by atoms with Gasteiger partial charge in [-0.25, -0.2) is 4.98 Å². The average Bonchev–Trinajstić information content (AvgIpc) is 3.05. The largest absolute Gasteiger partial charge is 0.489 e. The number of fused-ring (bicyclic) bond motifs is 1. The molecule has 1 amide bonds. The SMILES string of the molecule is CC(C)Oc1ccc(C(N)=O)cc1NC(=S)Nc1cccc2[nH]cnc12. The first-order valence-electron chi connectivity index (χ1n) is 8.04. The van der Waals surface area contributed by atoms with E-state index in [1.54, 1.807) is 24.5 Å². The zero-order valence-corrected chi connectivity index (χ0v) is 15.2. The number of anilines is 2. The number of para-hydroxylation sites is 1. The van der Waals surface area contributed by atoms with Crippen molar-refractivity contribution in [3.8, 4) is 5.75 Å². The first-order valence-corrected chi connectivity index (χ1v) is 8.45. The van der Waals surface area contributed by atoms with Crippen LogP contribution in [0.2, 0.25) is 0 Å². The average molecular weight is 369 g/mol. The lowest BCUT2D eigenvalue weighted by atomic mass is 10.1. The number of nitrogens with two attached hydrogens (primary N) is 1. The maximum atomic E-state index is 11.5. The van der Waals surface area contributed by atoms with Gasteiger partial charge in [-0.3, -0.25) is 4.79 Å². The summed E-state index contributed by atoms with van der Waals surface area (Å²) in [5.74, 6) is 0.0523. The number of nitrogens with zero attached hydrogens (tertiary/aromatic N) is 1. The van der Waals surface area contributed by atoms with Gasteiger partial charge in [-0.2, -0.15) is 0 Å². The number of thiocarbonyl (C=S) groups is 1. The maximum Gasteiger partial charge on any atom is 0.248 e. The lowest BCUT2D eigenvalue weighted by Crippen LogP contribution is -2.21. The lowest BCUT2D eigenvalue weighted by Gasteiger charge is -2.17. The number of carbonyl (C=O) groups excluding carboxylic acids is 1. The minimum absolute atomic E-state index is 0.0330. The number of aromatic nitrogens is 2. The molecule has 1 aromatic heterocycles. The summed E-state index contributed by atoms with van der Waals surface area (Å²) >= 11 is 5.41. The number of benzene rings is 2. The first kappa shape index (κ1) is 17.7. The molecule has 0 fully saturated rings. The molecule has 0 radical (unpaired) electrons. The van der Waals surface area contributed by atoms with Gasteiger partial charge in [-0.05, 0) is 56.4 Å². The second-order valence-electron chi connectivity index (χ2n) is 5.93. The summed E-state index contributed by atoms with van der Waals surface area (Å²) < 4.78 is 5.77. The van der Waals surface area contributed by atoms with E-state index in [0.29, 0.717) is 22.1 Å². The van der Waals surface area contributed by atoms with Gasteiger partial charge in [0.05, 0.1) is 29.3 Å². The summed E-state index contributed by atoms with van der Waals surface area (Å²) in [7, 11) is 0. The number of imidazole rings is 1. The number of rotatable bonds is 5. The lowest BCUT2D eigenvalue weighted by molar-refractivity contribution is 0.100. The topological polar surface area (TPSA) is 105 Å². The Kier molecular flexibility index (Phi) is 5.04. The molecule has 0 saturated heterocycles. The van der Waals surface area contributed by atoms with Crippen LogP contribution in [0.4, 0.5) is 11.4 Å². The van der Waals surface area contributed by atoms with Crippen molar-refractivity contribution in [2.45, 2.75) is 20.0 Å². The van der Waals surface area contributed by atoms with Crippen molar-refractivity contribution in [2.75, 3.05) is 10.6 Å². The Labute approximate surface area is 155 Å². The minimum Gasteiger partial charge on any atom is -0.489 e. The Hall–Kier alpha value is -3.13. The fraction of sp³-hybridized carbons (Fsp3) is 0.167. The van der Waals surface area contributed by atoms with Gasteiger partial charge in [0.15, 0.2) is 5.11 Å². The van der Waals surface area contributed by atoms with Gasteiger partial charge in [0.1, 0.15) is 11.3 Å². The van der Waals surface area contributed by atoms with Crippen LogP contribution in [-0.2, 0) is 0 Å². The van der Waals surface area contributed by atoms with Crippen LogP contribution < -0.4 is 21.1 Å². The summed E-state index contributed by atoms with van der Waals surface area (Å²) in [4.78, 5) is 18.8. The Morgan fingerprint density at radius 2 is 2.00 bits per heavy atom. The zero-order chi connectivity index (χ0) is 18.7. The molecule has 0 aliphatic rings. The predicted molar refractivity (Wildman–Crippen MR) is 107 cm³/mol. The van der Waals surface area contributed by atoms with Crippen LogP contribution in [0.25, 0.3) is 11.0 Å². The molecule has 0 spiro atoms. The molecule has 0 atom stereocenters. The first-order chi connectivity index (χ1) is 12.4. The number of hydrogen-bond acceptors (Lipinski definition) is 4. The van der Waals surface area contributed by atoms with Crippen LogP contribution in [0.5, 0.6) is 5.75 Å². The number of amides is 1. The van der Waals surface area contributed by atoms with Gasteiger partial charge >= 0.3 is 0 Å². The highest BCUT2D eigenvalue weighted by Gasteiger charge is 2.12. The molecule has 0 aliphatic heterocycles. The van der Waals surface area contributed by atoms with Crippen molar-refractivity contribution < 1.29 is 9.53 Å². The van der Waals surface area contributed by atoms with Crippen LogP contribution >= 0.6 is 12.2 Å². The van der Waals surface area contributed by atoms with Crippen molar-refractivity contribution in [3.63, 3.8) is 0 Å². The van der Waals surface area contributed by atoms with Gasteiger partial charge in [-0.15, -0.1) is 0 Å². The molecule has 0 unspecified atom stereocenters. The van der Waals surface area contributed by atoms with Crippen LogP contribution in [-0.4, -0.2) is 27.1 Å². The molecule has 5 N–H and O–H groups in total. The molecular formula is C18H19N5O2S. The zero-order valence-electron chi connectivity index (χ0n) is 14.4. The maximum absolute atomic E-state index is 11.5. The van der Waals surface area contributed by atoms with E-state index in [-0.39, 0.29) is 6.10 Å². The summed E-state index contributed by atoms with van der Waals surface area (Å²) in [6.07, 6.45) is 1.59. The molecule has 1 heterocycles. The van der Waals surface area contributed by atoms with E-state index in [1.165, 1.54) is 0 Å². The van der Waals surface area contributed by atoms with Gasteiger partial charge in [-0.1, -0.05) is 6.07 Å². The molecule has 3 aromatic rings. The number of hydrogen-bond donors (Lipinski definition) is 4. The van der Waals surface area contributed by atoms with Crippen LogP contribution in [0, 0.1) is 0 Å². The number of carbonyl (C=O) groups is 1. The highest BCUT2D eigenvalue weighted by molar-refractivity contribution is 7.80. The van der Waals surface area contributed by atoms with Gasteiger partial charge in [0, 0.05) is 5.56 Å². The molecule has 3 rings (SSSR count). The van der Waals surface area contributed by atoms with E-state index in [2.05, 4.69) is 20.6 Å². The molecule has 0 saturated carbocycles. The normalized spacial score (nSPS) is 10.7. The third kappa shape index (κ3) is 3.92. The van der Waals surface area contributed by atoms with E-state index in [1.807, 2.05) is 32.0 Å². The number of nitrogens with one attached hydrogen (secondary N) is 3. The fourth-order valence-corrected chi connectivity index (χ4v) is 2.70. The van der Waals surface area contributed by atoms with E-state index in [0.717, 1.165) is 16.7 Å². The Morgan fingerprint density at radius 3 is 2.73 bits per heavy atom. The monoisotopic (exact) mass is 369 g/mol. The van der Waals surface area contributed by atoms with Crippen LogP contribution in [0.1, 0.15) is 24.2 Å². The number of aromatic amines is 1. The van der Waals surface area contributed by atoms with Crippen LogP contribution in [0.15, 0.2) is 42.7 Å². The number of ether oxygens (including phenoxy) is 1. The quantitative estimate of drug-likeness (QED) is 0.515. The summed E-state index contributed by atoms with van der Waals surface area (Å²) in [5, 5.41) is 6.52. The molecule has 7 nitrogen and oxygen atoms in total. The fourth-order valence-electron chi connectivity index (χ4n) is 2.48. The van der Waals surface area contributed by atoms with E-state index < -0.39 is 5.91 Å². The standard InChI is InChI=1S/C18H19N5O2S/c1-10(2)25-15-7-6-11(17(19)24)8-14(15)23-18(26)22-13-5-3-4-12-16(13)21-9-20-12/h3-10H,1-2H3,(H2,19,24)(H,20,21)(H2,22,23,26). The third-order valence-corrected chi connectivity index (χ3v) is 3.78. The van der Waals surface area contributed by atoms with Crippen molar-refractivity contribution in [1.82, 2.24) is 9.97 Å². The van der Waals surface area contributed by atoms with Crippen molar-refractivity contribution in [1.29, 1.82) is 0 Å². The molecule has 26 heavy (non-hydrogen) atoms. The third-order valence-electron chi connectivity index (χ3n) is 3.57. The second kappa shape index (κ2) is 7.40.